The number of nitrogens with one attached hydrogen (secondary N) is 1. The Morgan fingerprint density at radius 2 is 1.53 bits per heavy atom. The summed E-state index contributed by atoms with van der Waals surface area (Å²) in [5.74, 6) is -2.30. The average Bonchev–Trinajstić information content (AvgIpc) is 2.77. The van der Waals surface area contributed by atoms with E-state index in [1.54, 1.807) is 27.7 Å². The number of carbonyl (C=O) groups excluding carboxylic acids is 2. The molecule has 2 atom stereocenters. The van der Waals surface area contributed by atoms with E-state index >= 15 is 0 Å². The van der Waals surface area contributed by atoms with Gasteiger partial charge in [0.05, 0.1) is 11.1 Å². The minimum Gasteiger partial charge on any atom is -0.444 e. The molecule has 1 saturated heterocycles. The van der Waals surface area contributed by atoms with E-state index in [4.69, 9.17) is 4.74 Å². The average molecular weight is 548 g/mol. The lowest BCUT2D eigenvalue weighted by Gasteiger charge is -2.40. The predicted octanol–water partition coefficient (Wildman–Crippen LogP) is 6.69. The van der Waals surface area contributed by atoms with E-state index < -0.39 is 64.4 Å². The lowest BCUT2D eigenvalue weighted by atomic mass is 9.83. The van der Waals surface area contributed by atoms with Crippen LogP contribution in [0.25, 0.3) is 0 Å². The summed E-state index contributed by atoms with van der Waals surface area (Å²) in [6, 6.07) is 3.80. The number of hydrogen-bond donors (Lipinski definition) is 1. The highest BCUT2D eigenvalue weighted by Crippen LogP contribution is 2.37. The predicted molar refractivity (Wildman–Crippen MR) is 124 cm³/mol. The molecule has 0 aliphatic carbocycles. The number of piperidine rings is 1. The second-order valence-corrected chi connectivity index (χ2v) is 10.2. The Labute approximate surface area is 214 Å². The molecule has 0 bridgehead atoms. The molecule has 0 unspecified atom stereocenters. The first-order chi connectivity index (χ1) is 17.3. The van der Waals surface area contributed by atoms with Crippen LogP contribution in [0.3, 0.4) is 0 Å². The number of amides is 2. The molecule has 2 aromatic rings. The van der Waals surface area contributed by atoms with Crippen LogP contribution >= 0.6 is 0 Å². The van der Waals surface area contributed by atoms with E-state index in [0.29, 0.717) is 23.3 Å². The number of alkyl halides is 6. The Bertz CT molecular complexity index is 1170. The monoisotopic (exact) mass is 548 g/mol. The van der Waals surface area contributed by atoms with Gasteiger partial charge in [0.2, 0.25) is 0 Å². The van der Waals surface area contributed by atoms with Gasteiger partial charge in [0.15, 0.2) is 0 Å². The lowest BCUT2D eigenvalue weighted by Crippen LogP contribution is -2.52. The van der Waals surface area contributed by atoms with Crippen molar-refractivity contribution in [1.82, 2.24) is 10.2 Å². The standard InChI is InChI=1S/C26H27F7N2O3/c1-14-9-18(27)5-6-19(14)20-13-35(23(37)38-24(2,3)4)8-7-21(20)34-22(36)15-10-16(25(28,29)30)12-17(11-15)26(31,32)33/h5-6,9-12,20-21H,7-8,13H2,1-4H3,(H,34,36)/t20-,21+/m0/s1. The van der Waals surface area contributed by atoms with Crippen molar-refractivity contribution in [2.45, 2.75) is 64.0 Å². The molecule has 208 valence electrons. The summed E-state index contributed by atoms with van der Waals surface area (Å²) in [5, 5.41) is 2.54. The molecule has 0 spiro atoms. The summed E-state index contributed by atoms with van der Waals surface area (Å²) >= 11 is 0. The minimum absolute atomic E-state index is 0.0166. The summed E-state index contributed by atoms with van der Waals surface area (Å²) in [7, 11) is 0. The molecule has 1 fully saturated rings. The number of benzene rings is 2. The summed E-state index contributed by atoms with van der Waals surface area (Å²) in [4.78, 5) is 27.1. The molecular formula is C26H27F7N2O3. The van der Waals surface area contributed by atoms with Crippen molar-refractivity contribution in [3.63, 3.8) is 0 Å². The molecule has 2 aromatic carbocycles. The Balaban J connectivity index is 1.95. The normalized spacial score (nSPS) is 18.8. The van der Waals surface area contributed by atoms with Crippen LogP contribution in [0.5, 0.6) is 0 Å². The molecule has 1 N–H and O–H groups in total. The first-order valence-corrected chi connectivity index (χ1v) is 11.7. The molecule has 5 nitrogen and oxygen atoms in total. The van der Waals surface area contributed by atoms with Crippen molar-refractivity contribution in [3.05, 3.63) is 70.0 Å². The number of ether oxygens (including phenoxy) is 1. The van der Waals surface area contributed by atoms with Crippen molar-refractivity contribution in [3.8, 4) is 0 Å². The Morgan fingerprint density at radius 3 is 2.03 bits per heavy atom. The van der Waals surface area contributed by atoms with Gasteiger partial charge in [-0.25, -0.2) is 9.18 Å². The van der Waals surface area contributed by atoms with Crippen molar-refractivity contribution >= 4 is 12.0 Å². The van der Waals surface area contributed by atoms with Crippen molar-refractivity contribution in [2.75, 3.05) is 13.1 Å². The number of carbonyl (C=O) groups is 2. The van der Waals surface area contributed by atoms with Crippen LogP contribution in [0.2, 0.25) is 0 Å². The summed E-state index contributed by atoms with van der Waals surface area (Å²) in [5.41, 5.74) is -3.75. The van der Waals surface area contributed by atoms with E-state index in [9.17, 15) is 40.3 Å². The molecule has 38 heavy (non-hydrogen) atoms. The number of halogens is 7. The molecule has 1 heterocycles. The molecule has 0 saturated carbocycles. The number of aryl methyl sites for hydroxylation is 1. The van der Waals surface area contributed by atoms with Crippen LogP contribution in [-0.2, 0) is 17.1 Å². The first kappa shape index (κ1) is 29.2. The molecule has 2 amide bonds. The van der Waals surface area contributed by atoms with Crippen molar-refractivity contribution in [1.29, 1.82) is 0 Å². The Morgan fingerprint density at radius 1 is 0.947 bits per heavy atom. The maximum Gasteiger partial charge on any atom is 0.416 e. The molecule has 1 aliphatic rings. The largest absolute Gasteiger partial charge is 0.444 e. The molecule has 3 rings (SSSR count). The molecule has 0 aromatic heterocycles. The Kier molecular flexibility index (Phi) is 8.05. The van der Waals surface area contributed by atoms with Crippen LogP contribution in [0.1, 0.15) is 65.7 Å². The van der Waals surface area contributed by atoms with E-state index in [1.807, 2.05) is 0 Å². The number of nitrogens with zero attached hydrogens (tertiary/aromatic N) is 1. The van der Waals surface area contributed by atoms with E-state index in [0.717, 1.165) is 0 Å². The summed E-state index contributed by atoms with van der Waals surface area (Å²) < 4.78 is 98.8. The fourth-order valence-corrected chi connectivity index (χ4v) is 4.33. The molecular weight excluding hydrogens is 521 g/mol. The second kappa shape index (κ2) is 10.5. The van der Waals surface area contributed by atoms with E-state index in [-0.39, 0.29) is 25.6 Å². The topological polar surface area (TPSA) is 58.6 Å². The van der Waals surface area contributed by atoms with Gasteiger partial charge in [-0.15, -0.1) is 0 Å². The first-order valence-electron chi connectivity index (χ1n) is 11.7. The van der Waals surface area contributed by atoms with Gasteiger partial charge in [0, 0.05) is 30.6 Å². The van der Waals surface area contributed by atoms with E-state index in [2.05, 4.69) is 5.32 Å². The summed E-state index contributed by atoms with van der Waals surface area (Å²) in [6.45, 7) is 6.79. The van der Waals surface area contributed by atoms with Gasteiger partial charge in [0.1, 0.15) is 11.4 Å². The maximum atomic E-state index is 13.8. The van der Waals surface area contributed by atoms with Gasteiger partial charge in [-0.3, -0.25) is 4.79 Å². The van der Waals surface area contributed by atoms with Gasteiger partial charge < -0.3 is 15.0 Å². The number of hydrogen-bond acceptors (Lipinski definition) is 3. The third-order valence-corrected chi connectivity index (χ3v) is 6.06. The van der Waals surface area contributed by atoms with Gasteiger partial charge in [0.25, 0.3) is 5.91 Å². The molecule has 0 radical (unpaired) electrons. The minimum atomic E-state index is -5.11. The highest BCUT2D eigenvalue weighted by atomic mass is 19.4. The lowest BCUT2D eigenvalue weighted by molar-refractivity contribution is -0.143. The van der Waals surface area contributed by atoms with Crippen LogP contribution in [-0.4, -0.2) is 41.6 Å². The fourth-order valence-electron chi connectivity index (χ4n) is 4.33. The van der Waals surface area contributed by atoms with Crippen LogP contribution in [0, 0.1) is 12.7 Å². The highest BCUT2D eigenvalue weighted by molar-refractivity contribution is 5.95. The van der Waals surface area contributed by atoms with Crippen molar-refractivity contribution in [2.24, 2.45) is 0 Å². The van der Waals surface area contributed by atoms with Gasteiger partial charge in [-0.05, 0) is 75.6 Å². The van der Waals surface area contributed by atoms with Crippen molar-refractivity contribution < 1.29 is 45.1 Å². The smallest absolute Gasteiger partial charge is 0.416 e. The second-order valence-electron chi connectivity index (χ2n) is 10.2. The zero-order valence-corrected chi connectivity index (χ0v) is 21.1. The third kappa shape index (κ3) is 7.16. The fraction of sp³-hybridized carbons (Fsp3) is 0.462. The third-order valence-electron chi connectivity index (χ3n) is 6.06. The van der Waals surface area contributed by atoms with Crippen LogP contribution < -0.4 is 5.32 Å². The number of likely N-dealkylation sites (tertiary alicyclic amines) is 1. The maximum absolute atomic E-state index is 13.8. The van der Waals surface area contributed by atoms with Gasteiger partial charge in [-0.1, -0.05) is 6.07 Å². The zero-order valence-electron chi connectivity index (χ0n) is 21.1. The van der Waals surface area contributed by atoms with Crippen LogP contribution in [0.4, 0.5) is 35.5 Å². The molecule has 12 heteroatoms. The summed E-state index contributed by atoms with van der Waals surface area (Å²) in [6.07, 6.45) is -10.7. The quantitative estimate of drug-likeness (QED) is 0.435. The SMILES string of the molecule is Cc1cc(F)ccc1[C@@H]1CN(C(=O)OC(C)(C)C)CC[C@H]1NC(=O)c1cc(C(F)(F)F)cc(C(F)(F)F)c1. The zero-order chi connectivity index (χ0) is 28.6. The van der Waals surface area contributed by atoms with E-state index in [1.165, 1.54) is 23.1 Å². The number of rotatable bonds is 3. The van der Waals surface area contributed by atoms with Crippen LogP contribution in [0.15, 0.2) is 36.4 Å². The molecule has 1 aliphatic heterocycles. The van der Waals surface area contributed by atoms with Gasteiger partial charge >= 0.3 is 18.4 Å². The van der Waals surface area contributed by atoms with Gasteiger partial charge in [-0.2, -0.15) is 26.3 Å². The highest BCUT2D eigenvalue weighted by Gasteiger charge is 2.39. The Hall–Kier alpha value is -3.31.